The Bertz CT molecular complexity index is 487. The fourth-order valence-corrected chi connectivity index (χ4v) is 3.68. The number of hydrogen-bond donors (Lipinski definition) is 2. The molecule has 5 heteroatoms. The summed E-state index contributed by atoms with van der Waals surface area (Å²) in [7, 11) is 0. The molecular weight excluding hydrogens is 302 g/mol. The van der Waals surface area contributed by atoms with E-state index in [0.717, 1.165) is 63.1 Å². The van der Waals surface area contributed by atoms with E-state index in [-0.39, 0.29) is 6.10 Å². The van der Waals surface area contributed by atoms with Crippen molar-refractivity contribution in [1.82, 2.24) is 10.2 Å². The molecule has 0 aromatic carbocycles. The van der Waals surface area contributed by atoms with Gasteiger partial charge >= 0.3 is 0 Å². The van der Waals surface area contributed by atoms with Crippen LogP contribution in [0.2, 0.25) is 0 Å². The minimum absolute atomic E-state index is 0.149. The lowest BCUT2D eigenvalue weighted by Crippen LogP contribution is -2.47. The zero-order chi connectivity index (χ0) is 16.6. The molecule has 1 saturated carbocycles. The second-order valence-electron chi connectivity index (χ2n) is 7.14. The summed E-state index contributed by atoms with van der Waals surface area (Å²) in [6.07, 6.45) is 10.9. The summed E-state index contributed by atoms with van der Waals surface area (Å²) in [6, 6.07) is 3.94. The number of aliphatic hydroxyl groups excluding tert-OH is 1. The van der Waals surface area contributed by atoms with Crippen LogP contribution in [-0.2, 0) is 6.42 Å². The first kappa shape index (κ1) is 17.3. The van der Waals surface area contributed by atoms with Crippen LogP contribution in [0.3, 0.4) is 0 Å². The molecule has 24 heavy (non-hydrogen) atoms. The van der Waals surface area contributed by atoms with E-state index in [0.29, 0.717) is 0 Å². The van der Waals surface area contributed by atoms with Crippen LogP contribution < -0.4 is 5.32 Å². The third kappa shape index (κ3) is 5.26. The Morgan fingerprint density at radius 2 is 2.00 bits per heavy atom. The van der Waals surface area contributed by atoms with Crippen molar-refractivity contribution in [2.24, 2.45) is 10.9 Å². The van der Waals surface area contributed by atoms with Crippen LogP contribution in [0.4, 0.5) is 0 Å². The monoisotopic (exact) mass is 333 g/mol. The van der Waals surface area contributed by atoms with Crippen molar-refractivity contribution >= 4 is 5.96 Å². The van der Waals surface area contributed by atoms with Crippen molar-refractivity contribution in [2.45, 2.75) is 57.5 Å². The van der Waals surface area contributed by atoms with Gasteiger partial charge < -0.3 is 19.7 Å². The van der Waals surface area contributed by atoms with E-state index >= 15 is 0 Å². The summed E-state index contributed by atoms with van der Waals surface area (Å²) in [6.45, 7) is 3.54. The molecule has 0 radical (unpaired) electrons. The van der Waals surface area contributed by atoms with Gasteiger partial charge in [0.15, 0.2) is 5.96 Å². The molecule has 3 rings (SSSR count). The molecule has 2 N–H and O–H groups in total. The summed E-state index contributed by atoms with van der Waals surface area (Å²) in [4.78, 5) is 7.24. The zero-order valence-corrected chi connectivity index (χ0v) is 14.6. The van der Waals surface area contributed by atoms with E-state index in [4.69, 9.17) is 9.41 Å². The van der Waals surface area contributed by atoms with Gasteiger partial charge in [-0.2, -0.15) is 0 Å². The average Bonchev–Trinajstić information content (AvgIpc) is 3.13. The van der Waals surface area contributed by atoms with Gasteiger partial charge in [-0.3, -0.25) is 4.99 Å². The molecule has 1 saturated heterocycles. The molecule has 1 aliphatic carbocycles. The number of rotatable bonds is 5. The summed E-state index contributed by atoms with van der Waals surface area (Å²) >= 11 is 0. The molecule has 2 fully saturated rings. The van der Waals surface area contributed by atoms with Crippen molar-refractivity contribution < 1.29 is 9.52 Å². The van der Waals surface area contributed by atoms with Gasteiger partial charge in [-0.05, 0) is 43.7 Å². The molecule has 2 heterocycles. The molecule has 5 nitrogen and oxygen atoms in total. The van der Waals surface area contributed by atoms with Crippen LogP contribution in [0.15, 0.2) is 27.8 Å². The minimum atomic E-state index is -0.149. The van der Waals surface area contributed by atoms with Gasteiger partial charge in [0.05, 0.1) is 12.4 Å². The molecule has 0 amide bonds. The van der Waals surface area contributed by atoms with Crippen molar-refractivity contribution in [3.63, 3.8) is 0 Å². The first-order valence-electron chi connectivity index (χ1n) is 9.55. The molecule has 1 aliphatic heterocycles. The SMILES string of the molecule is OC1CCN(C(=NCC2CCCCC2)NCCc2ccco2)CC1. The van der Waals surface area contributed by atoms with Crippen LogP contribution in [-0.4, -0.2) is 48.2 Å². The molecular formula is C19H31N3O2. The van der Waals surface area contributed by atoms with Gasteiger partial charge in [-0.25, -0.2) is 0 Å². The van der Waals surface area contributed by atoms with Gasteiger partial charge in [0.25, 0.3) is 0 Å². The van der Waals surface area contributed by atoms with Crippen LogP contribution in [0.5, 0.6) is 0 Å². The third-order valence-electron chi connectivity index (χ3n) is 5.22. The van der Waals surface area contributed by atoms with E-state index in [1.54, 1.807) is 6.26 Å². The Balaban J connectivity index is 1.54. The molecule has 0 bridgehead atoms. The predicted octanol–water partition coefficient (Wildman–Crippen LogP) is 2.80. The lowest BCUT2D eigenvalue weighted by atomic mass is 9.89. The van der Waals surface area contributed by atoms with Gasteiger partial charge in [0.2, 0.25) is 0 Å². The highest BCUT2D eigenvalue weighted by Gasteiger charge is 2.20. The standard InChI is InChI=1S/C19H31N3O2/c23-17-9-12-22(13-10-17)19(20-11-8-18-7-4-14-24-18)21-15-16-5-2-1-3-6-16/h4,7,14,16-17,23H,1-3,5-6,8-13,15H2,(H,20,21). The van der Waals surface area contributed by atoms with Crippen molar-refractivity contribution in [2.75, 3.05) is 26.2 Å². The third-order valence-corrected chi connectivity index (χ3v) is 5.22. The second kappa shape index (κ2) is 9.11. The number of aliphatic imine (C=N–C) groups is 1. The number of nitrogens with one attached hydrogen (secondary N) is 1. The highest BCUT2D eigenvalue weighted by Crippen LogP contribution is 2.23. The number of aliphatic hydroxyl groups is 1. The second-order valence-corrected chi connectivity index (χ2v) is 7.14. The van der Waals surface area contributed by atoms with Gasteiger partial charge in [0.1, 0.15) is 5.76 Å². The average molecular weight is 333 g/mol. The first-order valence-corrected chi connectivity index (χ1v) is 9.55. The van der Waals surface area contributed by atoms with Crippen LogP contribution in [0.1, 0.15) is 50.7 Å². The summed E-state index contributed by atoms with van der Waals surface area (Å²) in [5, 5.41) is 13.3. The molecule has 2 aliphatic rings. The van der Waals surface area contributed by atoms with Crippen LogP contribution in [0.25, 0.3) is 0 Å². The number of likely N-dealkylation sites (tertiary alicyclic amines) is 1. The largest absolute Gasteiger partial charge is 0.469 e. The fourth-order valence-electron chi connectivity index (χ4n) is 3.68. The first-order chi connectivity index (χ1) is 11.8. The zero-order valence-electron chi connectivity index (χ0n) is 14.6. The smallest absolute Gasteiger partial charge is 0.193 e. The van der Waals surface area contributed by atoms with Crippen LogP contribution in [0, 0.1) is 5.92 Å². The molecule has 1 aromatic heterocycles. The van der Waals surface area contributed by atoms with Gasteiger partial charge in [0, 0.05) is 32.6 Å². The number of piperidine rings is 1. The lowest BCUT2D eigenvalue weighted by Gasteiger charge is -2.33. The van der Waals surface area contributed by atoms with Crippen molar-refractivity contribution in [1.29, 1.82) is 0 Å². The number of guanidine groups is 1. The Morgan fingerprint density at radius 3 is 2.71 bits per heavy atom. The van der Waals surface area contributed by atoms with E-state index in [1.165, 1.54) is 32.1 Å². The Kier molecular flexibility index (Phi) is 6.58. The highest BCUT2D eigenvalue weighted by molar-refractivity contribution is 5.80. The van der Waals surface area contributed by atoms with Crippen LogP contribution >= 0.6 is 0 Å². The molecule has 134 valence electrons. The van der Waals surface area contributed by atoms with Gasteiger partial charge in [-0.1, -0.05) is 19.3 Å². The highest BCUT2D eigenvalue weighted by atomic mass is 16.3. The van der Waals surface area contributed by atoms with Gasteiger partial charge in [-0.15, -0.1) is 0 Å². The van der Waals surface area contributed by atoms with Crippen molar-refractivity contribution in [3.05, 3.63) is 24.2 Å². The van der Waals surface area contributed by atoms with E-state index in [2.05, 4.69) is 10.2 Å². The molecule has 0 spiro atoms. The summed E-state index contributed by atoms with van der Waals surface area (Å²) in [5.74, 6) is 2.76. The quantitative estimate of drug-likeness (QED) is 0.642. The molecule has 0 unspecified atom stereocenters. The molecule has 0 atom stereocenters. The number of nitrogens with zero attached hydrogens (tertiary/aromatic N) is 2. The lowest BCUT2D eigenvalue weighted by molar-refractivity contribution is 0.108. The van der Waals surface area contributed by atoms with E-state index in [1.807, 2.05) is 12.1 Å². The fraction of sp³-hybridized carbons (Fsp3) is 0.737. The predicted molar refractivity (Wildman–Crippen MR) is 96.1 cm³/mol. The maximum absolute atomic E-state index is 9.74. The number of hydrogen-bond acceptors (Lipinski definition) is 3. The Hall–Kier alpha value is -1.49. The number of furan rings is 1. The Labute approximate surface area is 145 Å². The summed E-state index contributed by atoms with van der Waals surface area (Å²) in [5.41, 5.74) is 0. The normalized spacial score (nSPS) is 21.2. The van der Waals surface area contributed by atoms with Crippen molar-refractivity contribution in [3.8, 4) is 0 Å². The maximum atomic E-state index is 9.74. The Morgan fingerprint density at radius 1 is 1.21 bits per heavy atom. The molecule has 1 aromatic rings. The minimum Gasteiger partial charge on any atom is -0.469 e. The topological polar surface area (TPSA) is 61.0 Å². The summed E-state index contributed by atoms with van der Waals surface area (Å²) < 4.78 is 5.40. The van der Waals surface area contributed by atoms with E-state index in [9.17, 15) is 5.11 Å². The maximum Gasteiger partial charge on any atom is 0.193 e. The van der Waals surface area contributed by atoms with E-state index < -0.39 is 0 Å².